The lowest BCUT2D eigenvalue weighted by molar-refractivity contribution is -0.133. The number of amides is 2. The molecule has 0 radical (unpaired) electrons. The molecule has 1 saturated heterocycles. The molecule has 7 nitrogen and oxygen atoms in total. The van der Waals surface area contributed by atoms with E-state index in [4.69, 9.17) is 4.98 Å². The highest BCUT2D eigenvalue weighted by Crippen LogP contribution is 2.33. The third-order valence-corrected chi connectivity index (χ3v) is 6.43. The molecule has 7 heteroatoms. The lowest BCUT2D eigenvalue weighted by Crippen LogP contribution is -2.43. The fourth-order valence-electron chi connectivity index (χ4n) is 4.58. The Labute approximate surface area is 175 Å². The number of hydrogen-bond acceptors (Lipinski definition) is 4. The molecule has 1 atom stereocenters. The predicted molar refractivity (Wildman–Crippen MR) is 111 cm³/mol. The van der Waals surface area contributed by atoms with Crippen LogP contribution in [0.15, 0.2) is 35.1 Å². The molecule has 0 unspecified atom stereocenters. The molecule has 1 N–H and O–H groups in total. The first-order valence-corrected chi connectivity index (χ1v) is 10.9. The molecule has 2 aliphatic heterocycles. The van der Waals surface area contributed by atoms with E-state index in [1.165, 1.54) is 0 Å². The number of fused-ring (bicyclic) bond motifs is 1. The number of likely N-dealkylation sites (tertiary alicyclic amines) is 1. The highest BCUT2D eigenvalue weighted by Gasteiger charge is 2.36. The number of piperidine rings is 1. The summed E-state index contributed by atoms with van der Waals surface area (Å²) in [6.45, 7) is 1.60. The van der Waals surface area contributed by atoms with Gasteiger partial charge in [0.25, 0.3) is 11.5 Å². The van der Waals surface area contributed by atoms with Crippen LogP contribution in [-0.2, 0) is 17.8 Å². The molecule has 1 aromatic carbocycles. The Morgan fingerprint density at radius 1 is 1.03 bits per heavy atom. The molecule has 156 valence electrons. The second kappa shape index (κ2) is 7.70. The molecule has 2 fully saturated rings. The van der Waals surface area contributed by atoms with Gasteiger partial charge in [0.1, 0.15) is 5.82 Å². The van der Waals surface area contributed by atoms with E-state index in [0.717, 1.165) is 37.8 Å². The Balaban J connectivity index is 1.42. The van der Waals surface area contributed by atoms with Crippen LogP contribution in [0.4, 0.5) is 0 Å². The molecular weight excluding hydrogens is 380 g/mol. The minimum Gasteiger partial charge on any atom is -0.337 e. The number of rotatable bonds is 3. The van der Waals surface area contributed by atoms with Crippen molar-refractivity contribution in [3.63, 3.8) is 0 Å². The summed E-state index contributed by atoms with van der Waals surface area (Å²) in [6, 6.07) is 9.03. The van der Waals surface area contributed by atoms with Crippen molar-refractivity contribution in [2.45, 2.75) is 51.1 Å². The summed E-state index contributed by atoms with van der Waals surface area (Å²) >= 11 is 0. The zero-order valence-corrected chi connectivity index (χ0v) is 17.0. The van der Waals surface area contributed by atoms with Crippen molar-refractivity contribution in [3.8, 4) is 0 Å². The second-order valence-electron chi connectivity index (χ2n) is 8.54. The van der Waals surface area contributed by atoms with Crippen LogP contribution in [-0.4, -0.2) is 44.7 Å². The maximum atomic E-state index is 13.1. The lowest BCUT2D eigenvalue weighted by Gasteiger charge is -2.36. The van der Waals surface area contributed by atoms with Gasteiger partial charge in [0.2, 0.25) is 5.91 Å². The standard InChI is InChI=1S/C23H26N4O3/c28-21-17-14-26(22(29)16-9-10-16)13-11-18(17)24-20(25-21)19-8-4-5-12-27(19)23(30)15-6-2-1-3-7-15/h1-3,6-7,16,19H,4-5,8-14H2,(H,24,25,28)/t19-/m0/s1. The number of carbonyl (C=O) groups is 2. The molecular formula is C23H26N4O3. The van der Waals surface area contributed by atoms with Gasteiger partial charge in [0.05, 0.1) is 23.8 Å². The zero-order chi connectivity index (χ0) is 20.7. The van der Waals surface area contributed by atoms with Gasteiger partial charge in [-0.15, -0.1) is 0 Å². The van der Waals surface area contributed by atoms with Crippen LogP contribution in [0, 0.1) is 5.92 Å². The highest BCUT2D eigenvalue weighted by atomic mass is 16.2. The van der Waals surface area contributed by atoms with Crippen molar-refractivity contribution in [1.82, 2.24) is 19.8 Å². The first-order valence-electron chi connectivity index (χ1n) is 10.9. The highest BCUT2D eigenvalue weighted by molar-refractivity contribution is 5.94. The van der Waals surface area contributed by atoms with Gasteiger partial charge in [-0.2, -0.15) is 0 Å². The van der Waals surface area contributed by atoms with Gasteiger partial charge in [-0.1, -0.05) is 18.2 Å². The van der Waals surface area contributed by atoms with Crippen LogP contribution in [0.5, 0.6) is 0 Å². The summed E-state index contributed by atoms with van der Waals surface area (Å²) in [5.41, 5.74) is 1.84. The van der Waals surface area contributed by atoms with E-state index in [2.05, 4.69) is 4.98 Å². The van der Waals surface area contributed by atoms with Gasteiger partial charge in [-0.05, 0) is 44.2 Å². The average molecular weight is 406 g/mol. The number of benzene rings is 1. The number of nitrogens with zero attached hydrogens (tertiary/aromatic N) is 3. The van der Waals surface area contributed by atoms with Crippen LogP contribution in [0.3, 0.4) is 0 Å². The molecule has 1 aliphatic carbocycles. The number of hydrogen-bond donors (Lipinski definition) is 1. The largest absolute Gasteiger partial charge is 0.337 e. The van der Waals surface area contributed by atoms with Gasteiger partial charge in [-0.25, -0.2) is 4.98 Å². The van der Waals surface area contributed by atoms with E-state index >= 15 is 0 Å². The quantitative estimate of drug-likeness (QED) is 0.848. The minimum atomic E-state index is -0.226. The summed E-state index contributed by atoms with van der Waals surface area (Å²) in [7, 11) is 0. The third-order valence-electron chi connectivity index (χ3n) is 6.43. The van der Waals surface area contributed by atoms with Gasteiger partial charge in [0.15, 0.2) is 0 Å². The van der Waals surface area contributed by atoms with Crippen LogP contribution in [0.1, 0.15) is 65.6 Å². The molecule has 2 aromatic rings. The van der Waals surface area contributed by atoms with Gasteiger partial charge in [-0.3, -0.25) is 14.4 Å². The Morgan fingerprint density at radius 3 is 2.60 bits per heavy atom. The molecule has 30 heavy (non-hydrogen) atoms. The first-order chi connectivity index (χ1) is 14.6. The van der Waals surface area contributed by atoms with E-state index in [0.29, 0.717) is 43.0 Å². The fraction of sp³-hybridized carbons (Fsp3) is 0.478. The van der Waals surface area contributed by atoms with E-state index < -0.39 is 0 Å². The molecule has 1 saturated carbocycles. The van der Waals surface area contributed by atoms with Crippen molar-refractivity contribution in [2.75, 3.05) is 13.1 Å². The van der Waals surface area contributed by atoms with E-state index in [-0.39, 0.29) is 29.3 Å². The summed E-state index contributed by atoms with van der Waals surface area (Å²) in [5.74, 6) is 0.861. The van der Waals surface area contributed by atoms with E-state index in [1.807, 2.05) is 35.2 Å². The molecule has 0 spiro atoms. The van der Waals surface area contributed by atoms with Crippen LogP contribution in [0.2, 0.25) is 0 Å². The molecule has 3 heterocycles. The normalized spacial score (nSPS) is 21.3. The van der Waals surface area contributed by atoms with Gasteiger partial charge in [0, 0.05) is 31.0 Å². The number of H-pyrrole nitrogens is 1. The Hall–Kier alpha value is -2.96. The summed E-state index contributed by atoms with van der Waals surface area (Å²) in [4.78, 5) is 49.8. The Bertz CT molecular complexity index is 1030. The maximum absolute atomic E-state index is 13.1. The van der Waals surface area contributed by atoms with Crippen molar-refractivity contribution in [1.29, 1.82) is 0 Å². The van der Waals surface area contributed by atoms with Crippen molar-refractivity contribution in [3.05, 3.63) is 63.3 Å². The minimum absolute atomic E-state index is 0.0260. The van der Waals surface area contributed by atoms with Crippen LogP contribution < -0.4 is 5.56 Å². The Morgan fingerprint density at radius 2 is 1.83 bits per heavy atom. The molecule has 3 aliphatic rings. The van der Waals surface area contributed by atoms with Crippen molar-refractivity contribution >= 4 is 11.8 Å². The van der Waals surface area contributed by atoms with E-state index in [1.54, 1.807) is 4.90 Å². The van der Waals surface area contributed by atoms with Gasteiger partial charge >= 0.3 is 0 Å². The van der Waals surface area contributed by atoms with Crippen LogP contribution in [0.25, 0.3) is 0 Å². The smallest absolute Gasteiger partial charge is 0.256 e. The number of carbonyl (C=O) groups excluding carboxylic acids is 2. The molecule has 1 aromatic heterocycles. The molecule has 0 bridgehead atoms. The summed E-state index contributed by atoms with van der Waals surface area (Å²) < 4.78 is 0. The topological polar surface area (TPSA) is 86.4 Å². The molecule has 2 amide bonds. The number of aromatic amines is 1. The summed E-state index contributed by atoms with van der Waals surface area (Å²) in [6.07, 6.45) is 5.23. The van der Waals surface area contributed by atoms with Gasteiger partial charge < -0.3 is 14.8 Å². The Kier molecular flexibility index (Phi) is 4.89. The molecule has 5 rings (SSSR count). The maximum Gasteiger partial charge on any atom is 0.256 e. The monoisotopic (exact) mass is 406 g/mol. The summed E-state index contributed by atoms with van der Waals surface area (Å²) in [5, 5.41) is 0. The first kappa shape index (κ1) is 19.0. The predicted octanol–water partition coefficient (Wildman–Crippen LogP) is 2.43. The van der Waals surface area contributed by atoms with E-state index in [9.17, 15) is 14.4 Å². The third kappa shape index (κ3) is 3.53. The second-order valence-corrected chi connectivity index (χ2v) is 8.54. The van der Waals surface area contributed by atoms with Crippen LogP contribution >= 0.6 is 0 Å². The number of aromatic nitrogens is 2. The van der Waals surface area contributed by atoms with Crippen molar-refractivity contribution in [2.24, 2.45) is 5.92 Å². The fourth-order valence-corrected chi connectivity index (χ4v) is 4.58. The average Bonchev–Trinajstić information content (AvgIpc) is 3.64. The zero-order valence-electron chi connectivity index (χ0n) is 17.0. The lowest BCUT2D eigenvalue weighted by atomic mass is 9.99. The SMILES string of the molecule is O=C(C1CC1)N1CCc2nc([C@@H]3CCCCN3C(=O)c3ccccc3)[nH]c(=O)c2C1. The number of nitrogens with one attached hydrogen (secondary N) is 1. The van der Waals surface area contributed by atoms with Crippen molar-refractivity contribution < 1.29 is 9.59 Å².